The summed E-state index contributed by atoms with van der Waals surface area (Å²) in [7, 11) is 3.70. The van der Waals surface area contributed by atoms with E-state index in [1.54, 1.807) is 23.6 Å². The Balaban J connectivity index is 2.33. The van der Waals surface area contributed by atoms with Gasteiger partial charge in [-0.25, -0.2) is 9.99 Å². The van der Waals surface area contributed by atoms with E-state index in [0.29, 0.717) is 10.8 Å². The molecule has 0 aliphatic carbocycles. The fourth-order valence-corrected chi connectivity index (χ4v) is 1.99. The van der Waals surface area contributed by atoms with Gasteiger partial charge in [0.2, 0.25) is 0 Å². The molecule has 0 spiro atoms. The van der Waals surface area contributed by atoms with Gasteiger partial charge < -0.3 is 5.32 Å². The highest BCUT2D eigenvalue weighted by Gasteiger charge is 2.08. The van der Waals surface area contributed by atoms with Crippen LogP contribution in [0.25, 0.3) is 0 Å². The number of hydrogen-bond acceptors (Lipinski definition) is 5. The Kier molecular flexibility index (Phi) is 4.53. The summed E-state index contributed by atoms with van der Waals surface area (Å²) < 4.78 is 0. The van der Waals surface area contributed by atoms with Gasteiger partial charge >= 0.3 is 0 Å². The predicted octanol–water partition coefficient (Wildman–Crippen LogP) is 3.03. The molecule has 0 aliphatic heterocycles. The maximum absolute atomic E-state index is 6.05. The van der Waals surface area contributed by atoms with Gasteiger partial charge in [-0.1, -0.05) is 11.6 Å². The second-order valence-corrected chi connectivity index (χ2v) is 4.65. The van der Waals surface area contributed by atoms with Crippen LogP contribution in [0.5, 0.6) is 0 Å². The lowest BCUT2D eigenvalue weighted by Crippen LogP contribution is -2.14. The van der Waals surface area contributed by atoms with E-state index in [0.717, 1.165) is 17.0 Å². The minimum atomic E-state index is 0.677. The van der Waals surface area contributed by atoms with E-state index in [2.05, 4.69) is 20.4 Å². The zero-order valence-electron chi connectivity index (χ0n) is 11.6. The maximum atomic E-state index is 6.05. The Morgan fingerprint density at radius 3 is 2.80 bits per heavy atom. The third-order valence-corrected chi connectivity index (χ3v) is 3.06. The fraction of sp³-hybridized carbons (Fsp3) is 0.214. The maximum Gasteiger partial charge on any atom is 0.167 e. The minimum absolute atomic E-state index is 0.677. The van der Waals surface area contributed by atoms with Crippen molar-refractivity contribution >= 4 is 28.8 Å². The summed E-state index contributed by atoms with van der Waals surface area (Å²) in [4.78, 5) is 8.23. The molecule has 5 nitrogen and oxygen atoms in total. The van der Waals surface area contributed by atoms with Crippen molar-refractivity contribution in [1.82, 2.24) is 9.97 Å². The number of nitrogens with one attached hydrogen (secondary N) is 1. The molecule has 0 unspecified atom stereocenters. The lowest BCUT2D eigenvalue weighted by molar-refractivity contribution is 0.961. The van der Waals surface area contributed by atoms with Crippen molar-refractivity contribution in [3.63, 3.8) is 0 Å². The number of rotatable bonds is 4. The van der Waals surface area contributed by atoms with Crippen LogP contribution in [-0.4, -0.2) is 29.8 Å². The molecule has 0 saturated heterocycles. The van der Waals surface area contributed by atoms with E-state index in [4.69, 9.17) is 11.6 Å². The van der Waals surface area contributed by atoms with Crippen LogP contribution >= 0.6 is 11.6 Å². The first kappa shape index (κ1) is 14.3. The highest BCUT2D eigenvalue weighted by Crippen LogP contribution is 2.21. The summed E-state index contributed by atoms with van der Waals surface area (Å²) in [5.41, 5.74) is 2.77. The van der Waals surface area contributed by atoms with E-state index in [-0.39, 0.29) is 0 Å². The Labute approximate surface area is 123 Å². The van der Waals surface area contributed by atoms with Crippen molar-refractivity contribution in [2.24, 2.45) is 5.10 Å². The SMILES string of the molecule is CNc1ccc(Cl)cc1/C(C)=N\N(C)c1cnccn1. The number of anilines is 2. The summed E-state index contributed by atoms with van der Waals surface area (Å²) in [5.74, 6) is 0.680. The standard InChI is InChI=1S/C14H16ClN5/c1-10(12-8-11(15)4-5-13(12)16-2)19-20(3)14-9-17-6-7-18-14/h4-9,16H,1-3H3/b19-10-. The first-order valence-electron chi connectivity index (χ1n) is 6.14. The molecule has 0 aliphatic rings. The highest BCUT2D eigenvalue weighted by molar-refractivity contribution is 6.31. The van der Waals surface area contributed by atoms with Gasteiger partial charge in [-0.05, 0) is 25.1 Å². The summed E-state index contributed by atoms with van der Waals surface area (Å²) >= 11 is 6.05. The molecule has 2 aromatic rings. The van der Waals surface area contributed by atoms with Crippen LogP contribution in [0.15, 0.2) is 41.9 Å². The van der Waals surface area contributed by atoms with E-state index >= 15 is 0 Å². The molecule has 0 atom stereocenters. The number of hydrazone groups is 1. The molecule has 2 rings (SSSR count). The molecule has 1 aromatic heterocycles. The summed E-state index contributed by atoms with van der Waals surface area (Å²) in [6.45, 7) is 1.93. The molecule has 0 fully saturated rings. The molecule has 1 heterocycles. The average Bonchev–Trinajstić information content (AvgIpc) is 2.48. The van der Waals surface area contributed by atoms with E-state index in [9.17, 15) is 0 Å². The summed E-state index contributed by atoms with van der Waals surface area (Å²) in [6, 6.07) is 5.66. The number of halogens is 1. The van der Waals surface area contributed by atoms with Crippen LogP contribution in [0.1, 0.15) is 12.5 Å². The van der Waals surface area contributed by atoms with E-state index in [1.165, 1.54) is 0 Å². The lowest BCUT2D eigenvalue weighted by Gasteiger charge is -2.14. The lowest BCUT2D eigenvalue weighted by atomic mass is 10.1. The van der Waals surface area contributed by atoms with E-state index < -0.39 is 0 Å². The summed E-state index contributed by atoms with van der Waals surface area (Å²) in [6.07, 6.45) is 4.92. The summed E-state index contributed by atoms with van der Waals surface area (Å²) in [5, 5.41) is 10.0. The second-order valence-electron chi connectivity index (χ2n) is 4.21. The number of aromatic nitrogens is 2. The molecular weight excluding hydrogens is 274 g/mol. The third-order valence-electron chi connectivity index (χ3n) is 2.82. The van der Waals surface area contributed by atoms with Gasteiger partial charge in [-0.15, -0.1) is 0 Å². The van der Waals surface area contributed by atoms with Crippen molar-refractivity contribution in [1.29, 1.82) is 0 Å². The van der Waals surface area contributed by atoms with Gasteiger partial charge in [0.1, 0.15) is 0 Å². The smallest absolute Gasteiger partial charge is 0.167 e. The molecular formula is C14H16ClN5. The van der Waals surface area contributed by atoms with E-state index in [1.807, 2.05) is 39.2 Å². The van der Waals surface area contributed by atoms with Gasteiger partial charge in [0.15, 0.2) is 5.82 Å². The van der Waals surface area contributed by atoms with Crippen LogP contribution in [0.2, 0.25) is 5.02 Å². The zero-order chi connectivity index (χ0) is 14.5. The first-order chi connectivity index (χ1) is 9.61. The Morgan fingerprint density at radius 2 is 2.15 bits per heavy atom. The molecule has 20 heavy (non-hydrogen) atoms. The van der Waals surface area contributed by atoms with Crippen LogP contribution in [0, 0.1) is 0 Å². The Bertz CT molecular complexity index is 612. The van der Waals surface area contributed by atoms with Crippen LogP contribution in [-0.2, 0) is 0 Å². The topological polar surface area (TPSA) is 53.4 Å². The number of benzene rings is 1. The Morgan fingerprint density at radius 1 is 1.35 bits per heavy atom. The van der Waals surface area contributed by atoms with Crippen LogP contribution < -0.4 is 10.3 Å². The molecule has 6 heteroatoms. The van der Waals surface area contributed by atoms with Gasteiger partial charge in [0.25, 0.3) is 0 Å². The van der Waals surface area contributed by atoms with Crippen molar-refractivity contribution in [3.05, 3.63) is 47.4 Å². The molecule has 104 valence electrons. The molecule has 0 radical (unpaired) electrons. The monoisotopic (exact) mass is 289 g/mol. The van der Waals surface area contributed by atoms with Gasteiger partial charge in [0.05, 0.1) is 11.9 Å². The van der Waals surface area contributed by atoms with Gasteiger partial charge in [0, 0.05) is 42.8 Å². The van der Waals surface area contributed by atoms with Crippen LogP contribution in [0.4, 0.5) is 11.5 Å². The minimum Gasteiger partial charge on any atom is -0.388 e. The molecule has 1 N–H and O–H groups in total. The molecule has 0 saturated carbocycles. The van der Waals surface area contributed by atoms with Crippen molar-refractivity contribution in [2.45, 2.75) is 6.92 Å². The van der Waals surface area contributed by atoms with Crippen molar-refractivity contribution in [3.8, 4) is 0 Å². The Hall–Kier alpha value is -2.14. The fourth-order valence-electron chi connectivity index (χ4n) is 1.82. The van der Waals surface area contributed by atoms with Gasteiger partial charge in [-0.2, -0.15) is 5.10 Å². The second kappa shape index (κ2) is 6.34. The zero-order valence-corrected chi connectivity index (χ0v) is 12.4. The van der Waals surface area contributed by atoms with Crippen molar-refractivity contribution in [2.75, 3.05) is 24.4 Å². The highest BCUT2D eigenvalue weighted by atomic mass is 35.5. The predicted molar refractivity (Wildman–Crippen MR) is 83.6 cm³/mol. The molecule has 1 aromatic carbocycles. The normalized spacial score (nSPS) is 11.3. The van der Waals surface area contributed by atoms with Crippen LogP contribution in [0.3, 0.4) is 0 Å². The van der Waals surface area contributed by atoms with Crippen molar-refractivity contribution < 1.29 is 0 Å². The largest absolute Gasteiger partial charge is 0.388 e. The van der Waals surface area contributed by atoms with Gasteiger partial charge in [-0.3, -0.25) is 4.98 Å². The number of hydrogen-bond donors (Lipinski definition) is 1. The first-order valence-corrected chi connectivity index (χ1v) is 6.52. The molecule has 0 bridgehead atoms. The molecule has 0 amide bonds. The number of nitrogens with zero attached hydrogens (tertiary/aromatic N) is 4. The average molecular weight is 290 g/mol. The third kappa shape index (κ3) is 3.24. The quantitative estimate of drug-likeness (QED) is 0.694.